The van der Waals surface area contributed by atoms with Crippen molar-refractivity contribution in [1.82, 2.24) is 9.80 Å². The summed E-state index contributed by atoms with van der Waals surface area (Å²) in [5.74, 6) is 1.23. The van der Waals surface area contributed by atoms with Gasteiger partial charge in [0.1, 0.15) is 12.4 Å². The highest BCUT2D eigenvalue weighted by Crippen LogP contribution is 2.33. The third-order valence-electron chi connectivity index (χ3n) is 5.17. The van der Waals surface area contributed by atoms with Crippen LogP contribution in [-0.4, -0.2) is 62.6 Å². The topological polar surface area (TPSA) is 58.8 Å². The highest BCUT2D eigenvalue weighted by Gasteiger charge is 2.36. The number of hydrogen-bond acceptors (Lipinski definition) is 4. The highest BCUT2D eigenvalue weighted by atomic mass is 16.5. The standard InChI is InChI=1S/C22H29N3O2/c1-24(2)12-13-27-21-11-7-6-10-19(21)22(26)25-15-18(14-23)20(16-25)17-8-4-3-5-9-17/h3-11,18,20H,12-16,23H2,1-2H3/t18-,20+/m1/s1. The summed E-state index contributed by atoms with van der Waals surface area (Å²) in [5.41, 5.74) is 7.89. The van der Waals surface area contributed by atoms with Gasteiger partial charge < -0.3 is 20.3 Å². The van der Waals surface area contributed by atoms with Crippen LogP contribution in [0.2, 0.25) is 0 Å². The molecule has 1 aliphatic heterocycles. The van der Waals surface area contributed by atoms with E-state index in [0.29, 0.717) is 37.6 Å². The summed E-state index contributed by atoms with van der Waals surface area (Å²) < 4.78 is 5.88. The van der Waals surface area contributed by atoms with Crippen LogP contribution in [0.3, 0.4) is 0 Å². The van der Waals surface area contributed by atoms with Crippen LogP contribution in [0.1, 0.15) is 21.8 Å². The van der Waals surface area contributed by atoms with Crippen molar-refractivity contribution in [2.45, 2.75) is 5.92 Å². The number of para-hydroxylation sites is 1. The normalized spacial score (nSPS) is 19.5. The molecule has 0 saturated carbocycles. The van der Waals surface area contributed by atoms with Crippen LogP contribution in [0, 0.1) is 5.92 Å². The van der Waals surface area contributed by atoms with E-state index in [0.717, 1.165) is 6.54 Å². The van der Waals surface area contributed by atoms with E-state index >= 15 is 0 Å². The summed E-state index contributed by atoms with van der Waals surface area (Å²) in [6.07, 6.45) is 0. The minimum absolute atomic E-state index is 0.0207. The van der Waals surface area contributed by atoms with Crippen molar-refractivity contribution in [2.24, 2.45) is 11.7 Å². The molecule has 1 fully saturated rings. The van der Waals surface area contributed by atoms with Gasteiger partial charge in [0.2, 0.25) is 0 Å². The molecule has 1 saturated heterocycles. The quantitative estimate of drug-likeness (QED) is 0.817. The predicted molar refractivity (Wildman–Crippen MR) is 108 cm³/mol. The fraction of sp³-hybridized carbons (Fsp3) is 0.409. The molecule has 27 heavy (non-hydrogen) atoms. The van der Waals surface area contributed by atoms with Gasteiger partial charge in [0, 0.05) is 25.6 Å². The number of hydrogen-bond donors (Lipinski definition) is 1. The maximum atomic E-state index is 13.2. The van der Waals surface area contributed by atoms with Crippen molar-refractivity contribution < 1.29 is 9.53 Å². The SMILES string of the molecule is CN(C)CCOc1ccccc1C(=O)N1C[C@@H](CN)[C@H](c2ccccc2)C1. The summed E-state index contributed by atoms with van der Waals surface area (Å²) in [6.45, 7) is 3.30. The van der Waals surface area contributed by atoms with Gasteiger partial charge in [0.05, 0.1) is 5.56 Å². The first-order valence-corrected chi connectivity index (χ1v) is 9.51. The molecule has 5 nitrogen and oxygen atoms in total. The number of nitrogens with two attached hydrogens (primary N) is 1. The molecular formula is C22H29N3O2. The molecule has 5 heteroatoms. The minimum atomic E-state index is 0.0207. The maximum Gasteiger partial charge on any atom is 0.257 e. The molecule has 2 aromatic rings. The molecule has 0 aromatic heterocycles. The van der Waals surface area contributed by atoms with Gasteiger partial charge >= 0.3 is 0 Å². The Kier molecular flexibility index (Phi) is 6.48. The van der Waals surface area contributed by atoms with Crippen LogP contribution < -0.4 is 10.5 Å². The van der Waals surface area contributed by atoms with Crippen molar-refractivity contribution in [2.75, 3.05) is 46.9 Å². The van der Waals surface area contributed by atoms with Crippen LogP contribution in [0.25, 0.3) is 0 Å². The summed E-state index contributed by atoms with van der Waals surface area (Å²) >= 11 is 0. The van der Waals surface area contributed by atoms with Gasteiger partial charge in [0.15, 0.2) is 0 Å². The van der Waals surface area contributed by atoms with E-state index in [9.17, 15) is 4.79 Å². The Morgan fingerprint density at radius 3 is 2.52 bits per heavy atom. The predicted octanol–water partition coefficient (Wildman–Crippen LogP) is 2.44. The third-order valence-corrected chi connectivity index (χ3v) is 5.17. The Hall–Kier alpha value is -2.37. The van der Waals surface area contributed by atoms with E-state index in [2.05, 4.69) is 17.0 Å². The lowest BCUT2D eigenvalue weighted by molar-refractivity contribution is 0.0781. The summed E-state index contributed by atoms with van der Waals surface area (Å²) in [7, 11) is 4.00. The van der Waals surface area contributed by atoms with Gasteiger partial charge in [-0.1, -0.05) is 42.5 Å². The molecular weight excluding hydrogens is 338 g/mol. The molecule has 0 radical (unpaired) electrons. The van der Waals surface area contributed by atoms with Gasteiger partial charge in [-0.2, -0.15) is 0 Å². The number of benzene rings is 2. The lowest BCUT2D eigenvalue weighted by Gasteiger charge is -2.19. The molecule has 144 valence electrons. The van der Waals surface area contributed by atoms with Gasteiger partial charge in [0.25, 0.3) is 5.91 Å². The Labute approximate surface area is 161 Å². The molecule has 2 N–H and O–H groups in total. The largest absolute Gasteiger partial charge is 0.491 e. The first kappa shape index (κ1) is 19.4. The summed E-state index contributed by atoms with van der Waals surface area (Å²) in [5, 5.41) is 0. The van der Waals surface area contributed by atoms with Crippen LogP contribution in [0.5, 0.6) is 5.75 Å². The number of carbonyl (C=O) groups excluding carboxylic acids is 1. The van der Waals surface area contributed by atoms with Gasteiger partial charge in [-0.15, -0.1) is 0 Å². The van der Waals surface area contributed by atoms with Crippen LogP contribution in [0.4, 0.5) is 0 Å². The molecule has 0 aliphatic carbocycles. The zero-order valence-corrected chi connectivity index (χ0v) is 16.2. The van der Waals surface area contributed by atoms with Crippen LogP contribution >= 0.6 is 0 Å². The van der Waals surface area contributed by atoms with Gasteiger partial charge in [-0.05, 0) is 44.3 Å². The van der Waals surface area contributed by atoms with Crippen molar-refractivity contribution in [1.29, 1.82) is 0 Å². The number of rotatable bonds is 7. The van der Waals surface area contributed by atoms with Gasteiger partial charge in [-0.3, -0.25) is 4.79 Å². The highest BCUT2D eigenvalue weighted by molar-refractivity contribution is 5.97. The van der Waals surface area contributed by atoms with Crippen molar-refractivity contribution in [3.63, 3.8) is 0 Å². The van der Waals surface area contributed by atoms with Crippen molar-refractivity contribution in [3.05, 3.63) is 65.7 Å². The Morgan fingerprint density at radius 1 is 1.11 bits per heavy atom. The molecule has 1 amide bonds. The second-order valence-electron chi connectivity index (χ2n) is 7.37. The maximum absolute atomic E-state index is 13.2. The molecule has 3 rings (SSSR count). The number of nitrogens with zero attached hydrogens (tertiary/aromatic N) is 2. The number of likely N-dealkylation sites (N-methyl/N-ethyl adjacent to an activating group) is 1. The average Bonchev–Trinajstić information content (AvgIpc) is 3.13. The monoisotopic (exact) mass is 367 g/mol. The average molecular weight is 367 g/mol. The smallest absolute Gasteiger partial charge is 0.257 e. The lowest BCUT2D eigenvalue weighted by Crippen LogP contribution is -2.30. The van der Waals surface area contributed by atoms with Crippen LogP contribution in [-0.2, 0) is 0 Å². The molecule has 1 heterocycles. The number of likely N-dealkylation sites (tertiary alicyclic amines) is 1. The fourth-order valence-corrected chi connectivity index (χ4v) is 3.63. The Morgan fingerprint density at radius 2 is 1.81 bits per heavy atom. The third kappa shape index (κ3) is 4.67. The first-order valence-electron chi connectivity index (χ1n) is 9.51. The van der Waals surface area contributed by atoms with E-state index in [1.54, 1.807) is 0 Å². The fourth-order valence-electron chi connectivity index (χ4n) is 3.63. The molecule has 0 bridgehead atoms. The molecule has 1 aliphatic rings. The summed E-state index contributed by atoms with van der Waals surface area (Å²) in [6, 6.07) is 17.9. The molecule has 2 aromatic carbocycles. The zero-order valence-electron chi connectivity index (χ0n) is 16.2. The van der Waals surface area contributed by atoms with E-state index in [1.165, 1.54) is 5.56 Å². The van der Waals surface area contributed by atoms with E-state index in [-0.39, 0.29) is 17.7 Å². The zero-order chi connectivity index (χ0) is 19.2. The van der Waals surface area contributed by atoms with E-state index in [4.69, 9.17) is 10.5 Å². The minimum Gasteiger partial charge on any atom is -0.491 e. The lowest BCUT2D eigenvalue weighted by atomic mass is 9.89. The Bertz CT molecular complexity index is 748. The number of carbonyl (C=O) groups is 1. The second-order valence-corrected chi connectivity index (χ2v) is 7.37. The number of amides is 1. The molecule has 0 unspecified atom stereocenters. The van der Waals surface area contributed by atoms with E-state index in [1.807, 2.05) is 61.5 Å². The Balaban J connectivity index is 1.74. The van der Waals surface area contributed by atoms with Crippen LogP contribution in [0.15, 0.2) is 54.6 Å². The van der Waals surface area contributed by atoms with Gasteiger partial charge in [-0.25, -0.2) is 0 Å². The van der Waals surface area contributed by atoms with E-state index < -0.39 is 0 Å². The second kappa shape index (κ2) is 9.02. The van der Waals surface area contributed by atoms with Crippen molar-refractivity contribution in [3.8, 4) is 5.75 Å². The summed E-state index contributed by atoms with van der Waals surface area (Å²) in [4.78, 5) is 17.2. The first-order chi connectivity index (χ1) is 13.1. The molecule has 0 spiro atoms. The molecule has 2 atom stereocenters. The number of ether oxygens (including phenoxy) is 1. The van der Waals surface area contributed by atoms with Crippen molar-refractivity contribution >= 4 is 5.91 Å².